The second-order valence-electron chi connectivity index (χ2n) is 10.8. The number of aliphatic hydroxyl groups is 4. The molecule has 5 nitrogen and oxygen atoms in total. The molecule has 31 heavy (non-hydrogen) atoms. The van der Waals surface area contributed by atoms with Gasteiger partial charge in [0.2, 0.25) is 0 Å². The Morgan fingerprint density at radius 3 is 1.19 bits per heavy atom. The molecular weight excluding hydrogens is 392 g/mol. The van der Waals surface area contributed by atoms with E-state index in [9.17, 15) is 20.4 Å². The highest BCUT2D eigenvalue weighted by Gasteiger charge is 2.43. The molecule has 0 radical (unpaired) electrons. The molecule has 4 atom stereocenters. The molecule has 5 heteroatoms. The summed E-state index contributed by atoms with van der Waals surface area (Å²) in [4.78, 5) is 0. The van der Waals surface area contributed by atoms with E-state index in [2.05, 4.69) is 41.5 Å². The maximum absolute atomic E-state index is 10.6. The average Bonchev–Trinajstić information content (AvgIpc) is 2.72. The summed E-state index contributed by atoms with van der Waals surface area (Å²) in [7, 11) is 0. The van der Waals surface area contributed by atoms with Gasteiger partial charge in [-0.15, -0.1) is 0 Å². The van der Waals surface area contributed by atoms with Crippen molar-refractivity contribution in [3.8, 4) is 0 Å². The van der Waals surface area contributed by atoms with Crippen molar-refractivity contribution >= 4 is 0 Å². The van der Waals surface area contributed by atoms with Gasteiger partial charge in [-0.05, 0) is 23.7 Å². The van der Waals surface area contributed by atoms with Gasteiger partial charge in [0, 0.05) is 0 Å². The SMILES string of the molecule is CCCCCCCC(C)(C)C(OC(C(O)CO)C(C)(C)CCCCCCC)C(O)CO. The first kappa shape index (κ1) is 30.8. The Bertz CT molecular complexity index is 386. The number of hydrogen-bond donors (Lipinski definition) is 4. The van der Waals surface area contributed by atoms with Crippen molar-refractivity contribution in [3.05, 3.63) is 0 Å². The number of unbranched alkanes of at least 4 members (excludes halogenated alkanes) is 8. The van der Waals surface area contributed by atoms with Crippen LogP contribution < -0.4 is 0 Å². The maximum Gasteiger partial charge on any atom is 0.104 e. The molecule has 0 heterocycles. The molecule has 0 spiro atoms. The molecule has 4 unspecified atom stereocenters. The quantitative estimate of drug-likeness (QED) is 0.193. The lowest BCUT2D eigenvalue weighted by atomic mass is 9.76. The van der Waals surface area contributed by atoms with Crippen LogP contribution in [0.15, 0.2) is 0 Å². The highest BCUT2D eigenvalue weighted by molar-refractivity contribution is 4.91. The zero-order valence-electron chi connectivity index (χ0n) is 21.4. The first-order valence-electron chi connectivity index (χ1n) is 12.8. The van der Waals surface area contributed by atoms with Gasteiger partial charge in [0.1, 0.15) is 12.2 Å². The standard InChI is InChI=1S/C26H54O5/c1-7-9-11-13-15-17-25(3,4)23(21(29)19-27)31-24(22(30)20-28)26(5,6)18-16-14-12-10-8-2/h21-24,27-30H,7-20H2,1-6H3. The molecule has 0 aromatic rings. The summed E-state index contributed by atoms with van der Waals surface area (Å²) in [5, 5.41) is 40.6. The number of aliphatic hydroxyl groups excluding tert-OH is 4. The number of ether oxygens (including phenoxy) is 1. The van der Waals surface area contributed by atoms with E-state index in [0.717, 1.165) is 38.5 Å². The lowest BCUT2D eigenvalue weighted by Crippen LogP contribution is -2.52. The minimum Gasteiger partial charge on any atom is -0.394 e. The van der Waals surface area contributed by atoms with Gasteiger partial charge >= 0.3 is 0 Å². The van der Waals surface area contributed by atoms with E-state index >= 15 is 0 Å². The third-order valence-corrected chi connectivity index (χ3v) is 6.76. The second-order valence-corrected chi connectivity index (χ2v) is 10.8. The van der Waals surface area contributed by atoms with Gasteiger partial charge in [-0.1, -0.05) is 106 Å². The molecular formula is C26H54O5. The van der Waals surface area contributed by atoms with Crippen LogP contribution in [-0.2, 0) is 4.74 Å². The predicted octanol–water partition coefficient (Wildman–Crippen LogP) is 5.22. The Kier molecular flexibility index (Phi) is 16.3. The van der Waals surface area contributed by atoms with Gasteiger partial charge in [-0.3, -0.25) is 0 Å². The van der Waals surface area contributed by atoms with E-state index in [1.807, 2.05) is 0 Å². The molecule has 0 aromatic carbocycles. The summed E-state index contributed by atoms with van der Waals surface area (Å²) in [6, 6.07) is 0. The highest BCUT2D eigenvalue weighted by Crippen LogP contribution is 2.39. The van der Waals surface area contributed by atoms with Crippen molar-refractivity contribution in [3.63, 3.8) is 0 Å². The van der Waals surface area contributed by atoms with Crippen molar-refractivity contribution in [2.75, 3.05) is 13.2 Å². The Balaban J connectivity index is 5.30. The molecule has 0 saturated heterocycles. The smallest absolute Gasteiger partial charge is 0.104 e. The van der Waals surface area contributed by atoms with Crippen LogP contribution in [0.25, 0.3) is 0 Å². The molecule has 0 saturated carbocycles. The molecule has 0 rings (SSSR count). The third kappa shape index (κ3) is 12.0. The van der Waals surface area contributed by atoms with Crippen molar-refractivity contribution < 1.29 is 25.2 Å². The summed E-state index contributed by atoms with van der Waals surface area (Å²) in [5.74, 6) is 0. The van der Waals surface area contributed by atoms with Gasteiger partial charge in [-0.2, -0.15) is 0 Å². The summed E-state index contributed by atoms with van der Waals surface area (Å²) in [5.41, 5.74) is -0.724. The monoisotopic (exact) mass is 446 g/mol. The fourth-order valence-electron chi connectivity index (χ4n) is 4.59. The van der Waals surface area contributed by atoms with E-state index in [1.165, 1.54) is 38.5 Å². The Morgan fingerprint density at radius 2 is 0.903 bits per heavy atom. The molecule has 188 valence electrons. The molecule has 0 aromatic heterocycles. The first-order chi connectivity index (χ1) is 14.6. The molecule has 0 fully saturated rings. The highest BCUT2D eigenvalue weighted by atomic mass is 16.5. The van der Waals surface area contributed by atoms with Crippen molar-refractivity contribution in [1.29, 1.82) is 0 Å². The topological polar surface area (TPSA) is 90.2 Å². The summed E-state index contributed by atoms with van der Waals surface area (Å²) >= 11 is 0. The fourth-order valence-corrected chi connectivity index (χ4v) is 4.59. The van der Waals surface area contributed by atoms with E-state index in [4.69, 9.17) is 4.74 Å². The maximum atomic E-state index is 10.6. The molecule has 0 aliphatic carbocycles. The summed E-state index contributed by atoms with van der Waals surface area (Å²) < 4.78 is 6.42. The fraction of sp³-hybridized carbons (Fsp3) is 1.00. The summed E-state index contributed by atoms with van der Waals surface area (Å²) in [6.45, 7) is 11.9. The van der Waals surface area contributed by atoms with E-state index in [0.29, 0.717) is 0 Å². The predicted molar refractivity (Wildman–Crippen MR) is 129 cm³/mol. The van der Waals surface area contributed by atoms with Crippen molar-refractivity contribution in [1.82, 2.24) is 0 Å². The van der Waals surface area contributed by atoms with E-state index < -0.39 is 24.4 Å². The number of rotatable bonds is 20. The third-order valence-electron chi connectivity index (χ3n) is 6.76. The Morgan fingerprint density at radius 1 is 0.581 bits per heavy atom. The van der Waals surface area contributed by atoms with Crippen molar-refractivity contribution in [2.45, 2.75) is 143 Å². The van der Waals surface area contributed by atoms with Crippen LogP contribution in [0.2, 0.25) is 0 Å². The van der Waals surface area contributed by atoms with Gasteiger partial charge in [0.25, 0.3) is 0 Å². The summed E-state index contributed by atoms with van der Waals surface area (Å²) in [6.07, 6.45) is 10.1. The van der Waals surface area contributed by atoms with Crippen LogP contribution in [0.1, 0.15) is 119 Å². The minimum absolute atomic E-state index is 0.362. The zero-order chi connectivity index (χ0) is 23.9. The van der Waals surface area contributed by atoms with Gasteiger partial charge in [0.05, 0.1) is 25.4 Å². The molecule has 0 aliphatic rings. The van der Waals surface area contributed by atoms with Crippen LogP contribution in [-0.4, -0.2) is 58.1 Å². The van der Waals surface area contributed by atoms with E-state index in [1.54, 1.807) is 0 Å². The first-order valence-corrected chi connectivity index (χ1v) is 12.8. The normalized spacial score (nSPS) is 16.8. The van der Waals surface area contributed by atoms with Crippen LogP contribution in [0.5, 0.6) is 0 Å². The van der Waals surface area contributed by atoms with Crippen LogP contribution in [0, 0.1) is 10.8 Å². The van der Waals surface area contributed by atoms with Gasteiger partial charge in [-0.25, -0.2) is 0 Å². The second kappa shape index (κ2) is 16.4. The van der Waals surface area contributed by atoms with E-state index in [-0.39, 0.29) is 24.0 Å². The largest absolute Gasteiger partial charge is 0.394 e. The number of hydrogen-bond acceptors (Lipinski definition) is 5. The average molecular weight is 447 g/mol. The van der Waals surface area contributed by atoms with Crippen molar-refractivity contribution in [2.24, 2.45) is 10.8 Å². The lowest BCUT2D eigenvalue weighted by molar-refractivity contribution is -0.200. The van der Waals surface area contributed by atoms with Crippen LogP contribution in [0.4, 0.5) is 0 Å². The minimum atomic E-state index is -1.03. The molecule has 0 amide bonds. The van der Waals surface area contributed by atoms with Crippen LogP contribution in [0.3, 0.4) is 0 Å². The van der Waals surface area contributed by atoms with Gasteiger partial charge < -0.3 is 25.2 Å². The molecule has 4 N–H and O–H groups in total. The molecule has 0 bridgehead atoms. The zero-order valence-corrected chi connectivity index (χ0v) is 21.4. The Hall–Kier alpha value is -0.200. The Labute approximate surface area is 192 Å². The van der Waals surface area contributed by atoms with Crippen LogP contribution >= 0.6 is 0 Å². The lowest BCUT2D eigenvalue weighted by Gasteiger charge is -2.44. The van der Waals surface area contributed by atoms with Gasteiger partial charge in [0.15, 0.2) is 0 Å². The molecule has 0 aliphatic heterocycles.